The molecule has 0 saturated carbocycles. The van der Waals surface area contributed by atoms with Crippen molar-refractivity contribution in [2.24, 2.45) is 18.9 Å². The molecule has 1 heterocycles. The van der Waals surface area contributed by atoms with Crippen LogP contribution in [-0.4, -0.2) is 28.6 Å². The molecule has 1 aromatic heterocycles. The number of nitrogens with one attached hydrogen (secondary N) is 1. The van der Waals surface area contributed by atoms with Gasteiger partial charge in [-0.15, -0.1) is 5.10 Å². The van der Waals surface area contributed by atoms with Crippen LogP contribution in [0, 0.1) is 11.8 Å². The molecule has 80 valence electrons. The van der Waals surface area contributed by atoms with Gasteiger partial charge in [0.1, 0.15) is 0 Å². The smallest absolute Gasteiger partial charge is 0.0829 e. The minimum atomic E-state index is 0.638. The molecule has 1 N–H and O–H groups in total. The van der Waals surface area contributed by atoms with E-state index in [9.17, 15) is 0 Å². The van der Waals surface area contributed by atoms with E-state index in [1.807, 2.05) is 20.3 Å². The average molecular weight is 196 g/mol. The zero-order valence-corrected chi connectivity index (χ0v) is 9.49. The molecule has 1 aromatic rings. The zero-order valence-electron chi connectivity index (χ0n) is 9.49. The first-order valence-electron chi connectivity index (χ1n) is 5.13. The lowest BCUT2D eigenvalue weighted by Gasteiger charge is -2.17. The molecule has 0 amide bonds. The second-order valence-corrected chi connectivity index (χ2v) is 4.10. The predicted octanol–water partition coefficient (Wildman–Crippen LogP) is 0.849. The Balaban J connectivity index is 2.43. The fourth-order valence-electron chi connectivity index (χ4n) is 1.54. The van der Waals surface area contributed by atoms with Crippen LogP contribution < -0.4 is 5.32 Å². The van der Waals surface area contributed by atoms with Gasteiger partial charge in [-0.3, -0.25) is 4.68 Å². The molecular formula is C10H20N4. The molecule has 2 atom stereocenters. The van der Waals surface area contributed by atoms with Gasteiger partial charge in [-0.1, -0.05) is 19.1 Å². The van der Waals surface area contributed by atoms with Crippen LogP contribution in [0.15, 0.2) is 6.20 Å². The summed E-state index contributed by atoms with van der Waals surface area (Å²) in [6.45, 7) is 5.58. The number of hydrogen-bond donors (Lipinski definition) is 1. The predicted molar refractivity (Wildman–Crippen MR) is 57.0 cm³/mol. The summed E-state index contributed by atoms with van der Waals surface area (Å²) in [6, 6.07) is 0. The van der Waals surface area contributed by atoms with Crippen LogP contribution in [-0.2, 0) is 13.5 Å². The molecule has 4 nitrogen and oxygen atoms in total. The van der Waals surface area contributed by atoms with Crippen molar-refractivity contribution in [3.8, 4) is 0 Å². The van der Waals surface area contributed by atoms with Crippen molar-refractivity contribution in [3.05, 3.63) is 11.9 Å². The highest BCUT2D eigenvalue weighted by molar-refractivity contribution is 4.93. The monoisotopic (exact) mass is 196 g/mol. The first-order chi connectivity index (χ1) is 6.63. The van der Waals surface area contributed by atoms with Crippen LogP contribution in [0.2, 0.25) is 0 Å². The van der Waals surface area contributed by atoms with Crippen molar-refractivity contribution < 1.29 is 0 Å². The first kappa shape index (κ1) is 11.2. The molecule has 0 spiro atoms. The van der Waals surface area contributed by atoms with Crippen molar-refractivity contribution in [3.63, 3.8) is 0 Å². The van der Waals surface area contributed by atoms with E-state index in [0.29, 0.717) is 11.8 Å². The van der Waals surface area contributed by atoms with Gasteiger partial charge in [-0.05, 0) is 31.8 Å². The number of hydrogen-bond acceptors (Lipinski definition) is 3. The van der Waals surface area contributed by atoms with E-state index in [1.54, 1.807) is 4.68 Å². The summed E-state index contributed by atoms with van der Waals surface area (Å²) in [5.41, 5.74) is 1.09. The van der Waals surface area contributed by atoms with Gasteiger partial charge >= 0.3 is 0 Å². The number of aryl methyl sites for hydroxylation is 1. The van der Waals surface area contributed by atoms with Crippen molar-refractivity contribution in [1.82, 2.24) is 20.3 Å². The fourth-order valence-corrected chi connectivity index (χ4v) is 1.54. The van der Waals surface area contributed by atoms with Crippen LogP contribution >= 0.6 is 0 Å². The SMILES string of the molecule is CNCC(C)C(C)Cc1cn(C)nn1. The second kappa shape index (κ2) is 5.10. The van der Waals surface area contributed by atoms with Crippen molar-refractivity contribution >= 4 is 0 Å². The Kier molecular flexibility index (Phi) is 4.07. The van der Waals surface area contributed by atoms with E-state index in [0.717, 1.165) is 18.7 Å². The third-order valence-electron chi connectivity index (χ3n) is 2.68. The van der Waals surface area contributed by atoms with Crippen LogP contribution in [0.1, 0.15) is 19.5 Å². The van der Waals surface area contributed by atoms with Gasteiger partial charge in [0, 0.05) is 13.2 Å². The van der Waals surface area contributed by atoms with Gasteiger partial charge in [0.25, 0.3) is 0 Å². The molecule has 1 rings (SSSR count). The molecule has 2 unspecified atom stereocenters. The Morgan fingerprint density at radius 1 is 1.43 bits per heavy atom. The molecule has 0 aromatic carbocycles. The lowest BCUT2D eigenvalue weighted by atomic mass is 9.92. The Bertz CT molecular complexity index is 269. The largest absolute Gasteiger partial charge is 0.319 e. The zero-order chi connectivity index (χ0) is 10.6. The second-order valence-electron chi connectivity index (χ2n) is 4.10. The molecule has 0 aliphatic carbocycles. The maximum absolute atomic E-state index is 4.09. The summed E-state index contributed by atoms with van der Waals surface area (Å²) in [5, 5.41) is 11.2. The molecular weight excluding hydrogens is 176 g/mol. The minimum absolute atomic E-state index is 0.638. The van der Waals surface area contributed by atoms with Crippen LogP contribution in [0.4, 0.5) is 0 Å². The van der Waals surface area contributed by atoms with Gasteiger partial charge < -0.3 is 5.32 Å². The fraction of sp³-hybridized carbons (Fsp3) is 0.800. The van der Waals surface area contributed by atoms with E-state index in [4.69, 9.17) is 0 Å². The highest BCUT2D eigenvalue weighted by atomic mass is 15.4. The summed E-state index contributed by atoms with van der Waals surface area (Å²) in [7, 11) is 3.89. The normalized spacial score (nSPS) is 15.4. The maximum atomic E-state index is 4.09. The topological polar surface area (TPSA) is 42.7 Å². The summed E-state index contributed by atoms with van der Waals surface area (Å²) < 4.78 is 1.75. The number of nitrogens with zero attached hydrogens (tertiary/aromatic N) is 3. The Labute approximate surface area is 85.7 Å². The van der Waals surface area contributed by atoms with Crippen LogP contribution in [0.3, 0.4) is 0 Å². The summed E-state index contributed by atoms with van der Waals surface area (Å²) in [6.07, 6.45) is 3.00. The molecule has 0 saturated heterocycles. The third-order valence-corrected chi connectivity index (χ3v) is 2.68. The van der Waals surface area contributed by atoms with E-state index >= 15 is 0 Å². The molecule has 14 heavy (non-hydrogen) atoms. The van der Waals surface area contributed by atoms with Crippen molar-refractivity contribution in [2.75, 3.05) is 13.6 Å². The summed E-state index contributed by atoms with van der Waals surface area (Å²) in [5.74, 6) is 1.31. The summed E-state index contributed by atoms with van der Waals surface area (Å²) in [4.78, 5) is 0. The lowest BCUT2D eigenvalue weighted by molar-refractivity contribution is 0.372. The molecule has 0 aliphatic heterocycles. The van der Waals surface area contributed by atoms with Crippen LogP contribution in [0.5, 0.6) is 0 Å². The van der Waals surface area contributed by atoms with Crippen molar-refractivity contribution in [2.45, 2.75) is 20.3 Å². The lowest BCUT2D eigenvalue weighted by Crippen LogP contribution is -2.23. The van der Waals surface area contributed by atoms with E-state index in [1.165, 1.54) is 0 Å². The highest BCUT2D eigenvalue weighted by Crippen LogP contribution is 2.14. The van der Waals surface area contributed by atoms with Crippen molar-refractivity contribution in [1.29, 1.82) is 0 Å². The van der Waals surface area contributed by atoms with Crippen LogP contribution in [0.25, 0.3) is 0 Å². The Morgan fingerprint density at radius 2 is 2.14 bits per heavy atom. The molecule has 4 heteroatoms. The Hall–Kier alpha value is -0.900. The first-order valence-corrected chi connectivity index (χ1v) is 5.13. The standard InChI is InChI=1S/C10H20N4/c1-8(9(2)6-11-3)5-10-7-14(4)13-12-10/h7-9,11H,5-6H2,1-4H3. The van der Waals surface area contributed by atoms with E-state index in [-0.39, 0.29) is 0 Å². The number of rotatable bonds is 5. The third kappa shape index (κ3) is 3.10. The van der Waals surface area contributed by atoms with Gasteiger partial charge in [0.05, 0.1) is 5.69 Å². The molecule has 0 bridgehead atoms. The maximum Gasteiger partial charge on any atom is 0.0829 e. The van der Waals surface area contributed by atoms with E-state index in [2.05, 4.69) is 29.5 Å². The molecule has 0 fully saturated rings. The van der Waals surface area contributed by atoms with Gasteiger partial charge in [0.15, 0.2) is 0 Å². The highest BCUT2D eigenvalue weighted by Gasteiger charge is 2.13. The average Bonchev–Trinajstić information content (AvgIpc) is 2.51. The van der Waals surface area contributed by atoms with E-state index < -0.39 is 0 Å². The number of aromatic nitrogens is 3. The minimum Gasteiger partial charge on any atom is -0.319 e. The quantitative estimate of drug-likeness (QED) is 0.759. The Morgan fingerprint density at radius 3 is 2.64 bits per heavy atom. The summed E-state index contributed by atoms with van der Waals surface area (Å²) >= 11 is 0. The van der Waals surface area contributed by atoms with Gasteiger partial charge in [0.2, 0.25) is 0 Å². The van der Waals surface area contributed by atoms with Gasteiger partial charge in [-0.2, -0.15) is 0 Å². The molecule has 0 radical (unpaired) electrons. The molecule has 0 aliphatic rings. The van der Waals surface area contributed by atoms with Gasteiger partial charge in [-0.25, -0.2) is 0 Å².